The van der Waals surface area contributed by atoms with Gasteiger partial charge in [0.15, 0.2) is 0 Å². The first-order valence-electron chi connectivity index (χ1n) is 9.88. The summed E-state index contributed by atoms with van der Waals surface area (Å²) in [7, 11) is 0. The quantitative estimate of drug-likeness (QED) is 0.600. The first-order chi connectivity index (χ1) is 14.7. The van der Waals surface area contributed by atoms with Gasteiger partial charge in [-0.15, -0.1) is 0 Å². The largest absolute Gasteiger partial charge is 0.492 e. The monoisotopic (exact) mass is 401 g/mol. The lowest BCUT2D eigenvalue weighted by Gasteiger charge is -2.25. The average Bonchev–Trinajstić information content (AvgIpc) is 2.78. The predicted octanol–water partition coefficient (Wildman–Crippen LogP) is 4.20. The summed E-state index contributed by atoms with van der Waals surface area (Å²) in [6, 6.07) is 24.2. The molecule has 3 amide bonds. The first-order valence-corrected chi connectivity index (χ1v) is 9.88. The Morgan fingerprint density at radius 2 is 1.57 bits per heavy atom. The normalized spacial score (nSPS) is 14.7. The van der Waals surface area contributed by atoms with Crippen molar-refractivity contribution < 1.29 is 14.3 Å². The van der Waals surface area contributed by atoms with Crippen LogP contribution in [0.5, 0.6) is 5.75 Å². The Morgan fingerprint density at radius 3 is 2.33 bits per heavy atom. The number of ether oxygens (including phenoxy) is 1. The van der Waals surface area contributed by atoms with Crippen molar-refractivity contribution in [2.24, 2.45) is 5.92 Å². The summed E-state index contributed by atoms with van der Waals surface area (Å²) in [6.07, 6.45) is 0.561. The molecule has 30 heavy (non-hydrogen) atoms. The van der Waals surface area contributed by atoms with Crippen LogP contribution >= 0.6 is 0 Å². The van der Waals surface area contributed by atoms with Crippen LogP contribution in [0.25, 0.3) is 0 Å². The number of fused-ring (bicyclic) bond motifs is 1. The molecule has 0 aromatic heterocycles. The zero-order valence-corrected chi connectivity index (χ0v) is 16.4. The van der Waals surface area contributed by atoms with E-state index in [-0.39, 0.29) is 17.9 Å². The molecule has 3 N–H and O–H groups in total. The second-order valence-electron chi connectivity index (χ2n) is 7.18. The van der Waals surface area contributed by atoms with Gasteiger partial charge in [0.25, 0.3) is 0 Å². The maximum Gasteiger partial charge on any atom is 0.323 e. The average molecular weight is 401 g/mol. The Labute approximate surface area is 175 Å². The fourth-order valence-corrected chi connectivity index (χ4v) is 3.38. The van der Waals surface area contributed by atoms with E-state index in [2.05, 4.69) is 16.0 Å². The maximum absolute atomic E-state index is 12.6. The third-order valence-electron chi connectivity index (χ3n) is 4.94. The van der Waals surface area contributed by atoms with Crippen molar-refractivity contribution in [3.8, 4) is 5.75 Å². The number of rotatable bonds is 5. The maximum atomic E-state index is 12.6. The molecule has 0 saturated carbocycles. The highest BCUT2D eigenvalue weighted by Gasteiger charge is 2.26. The smallest absolute Gasteiger partial charge is 0.323 e. The molecular formula is C24H23N3O3. The molecule has 0 fully saturated rings. The van der Waals surface area contributed by atoms with Crippen LogP contribution in [0.15, 0.2) is 78.9 Å². The summed E-state index contributed by atoms with van der Waals surface area (Å²) < 4.78 is 5.78. The molecule has 1 heterocycles. The number of carbonyl (C=O) groups is 2. The van der Waals surface area contributed by atoms with E-state index >= 15 is 0 Å². The van der Waals surface area contributed by atoms with Crippen molar-refractivity contribution in [1.29, 1.82) is 0 Å². The van der Waals surface area contributed by atoms with Gasteiger partial charge in [-0.3, -0.25) is 4.79 Å². The second kappa shape index (κ2) is 9.13. The first kappa shape index (κ1) is 19.5. The van der Waals surface area contributed by atoms with Crippen LogP contribution in [0.3, 0.4) is 0 Å². The molecule has 3 aromatic rings. The molecule has 4 rings (SSSR count). The molecule has 1 aliphatic heterocycles. The number of hydrogen-bond donors (Lipinski definition) is 3. The number of hydrogen-bond acceptors (Lipinski definition) is 3. The molecule has 0 radical (unpaired) electrons. The summed E-state index contributed by atoms with van der Waals surface area (Å²) >= 11 is 0. The molecule has 0 spiro atoms. The lowest BCUT2D eigenvalue weighted by atomic mass is 9.95. The van der Waals surface area contributed by atoms with Gasteiger partial charge in [-0.2, -0.15) is 0 Å². The number of urea groups is 1. The highest BCUT2D eigenvalue weighted by atomic mass is 16.5. The van der Waals surface area contributed by atoms with E-state index in [0.29, 0.717) is 30.9 Å². The zero-order chi connectivity index (χ0) is 20.8. The topological polar surface area (TPSA) is 79.5 Å². The Morgan fingerprint density at radius 1 is 0.867 bits per heavy atom. The molecule has 0 bridgehead atoms. The van der Waals surface area contributed by atoms with Crippen molar-refractivity contribution >= 4 is 23.3 Å². The fourth-order valence-electron chi connectivity index (χ4n) is 3.38. The van der Waals surface area contributed by atoms with Crippen LogP contribution < -0.4 is 20.7 Å². The van der Waals surface area contributed by atoms with Crippen LogP contribution in [-0.2, 0) is 17.8 Å². The van der Waals surface area contributed by atoms with Gasteiger partial charge in [-0.1, -0.05) is 48.5 Å². The van der Waals surface area contributed by atoms with E-state index in [9.17, 15) is 9.59 Å². The van der Waals surface area contributed by atoms with Crippen molar-refractivity contribution in [1.82, 2.24) is 5.32 Å². The van der Waals surface area contributed by atoms with Gasteiger partial charge >= 0.3 is 6.03 Å². The van der Waals surface area contributed by atoms with Crippen LogP contribution in [0.1, 0.15) is 11.1 Å². The lowest BCUT2D eigenvalue weighted by molar-refractivity contribution is -0.126. The van der Waals surface area contributed by atoms with E-state index in [1.54, 1.807) is 6.07 Å². The summed E-state index contributed by atoms with van der Waals surface area (Å²) in [6.45, 7) is 0.833. The molecule has 0 saturated heterocycles. The number of nitrogens with one attached hydrogen (secondary N) is 3. The Bertz CT molecular complexity index is 1020. The van der Waals surface area contributed by atoms with Crippen LogP contribution in [0, 0.1) is 5.92 Å². The predicted molar refractivity (Wildman–Crippen MR) is 117 cm³/mol. The number of amides is 3. The molecule has 1 atom stereocenters. The minimum Gasteiger partial charge on any atom is -0.492 e. The SMILES string of the molecule is O=C(Nc1ccccc1)Nc1ccc2c(c1)CC(C(=O)NCc1ccccc1)CO2. The van der Waals surface area contributed by atoms with E-state index in [1.807, 2.05) is 72.8 Å². The molecule has 6 heteroatoms. The molecule has 1 unspecified atom stereocenters. The molecular weight excluding hydrogens is 378 g/mol. The van der Waals surface area contributed by atoms with Crippen LogP contribution in [0.2, 0.25) is 0 Å². The summed E-state index contributed by atoms with van der Waals surface area (Å²) in [5, 5.41) is 8.58. The highest BCUT2D eigenvalue weighted by molar-refractivity contribution is 5.99. The second-order valence-corrected chi connectivity index (χ2v) is 7.18. The Hall–Kier alpha value is -3.80. The standard InChI is InChI=1S/C24H23N3O3/c28-23(25-15-17-7-3-1-4-8-17)19-13-18-14-21(11-12-22(18)30-16-19)27-24(29)26-20-9-5-2-6-10-20/h1-12,14,19H,13,15-16H2,(H,25,28)(H2,26,27,29). The van der Waals surface area contributed by atoms with Crippen molar-refractivity contribution in [2.45, 2.75) is 13.0 Å². The van der Waals surface area contributed by atoms with Gasteiger partial charge in [0, 0.05) is 17.9 Å². The number of benzene rings is 3. The molecule has 1 aliphatic rings. The van der Waals surface area contributed by atoms with E-state index in [0.717, 1.165) is 16.9 Å². The Balaban J connectivity index is 1.35. The number of para-hydroxylation sites is 1. The molecule has 6 nitrogen and oxygen atoms in total. The Kier molecular flexibility index (Phi) is 5.94. The van der Waals surface area contributed by atoms with Gasteiger partial charge in [0.2, 0.25) is 5.91 Å². The van der Waals surface area contributed by atoms with Gasteiger partial charge in [0.05, 0.1) is 5.92 Å². The molecule has 152 valence electrons. The number of carbonyl (C=O) groups excluding carboxylic acids is 2. The van der Waals surface area contributed by atoms with Crippen molar-refractivity contribution in [2.75, 3.05) is 17.2 Å². The minimum atomic E-state index is -0.324. The van der Waals surface area contributed by atoms with Crippen molar-refractivity contribution in [3.05, 3.63) is 90.0 Å². The third-order valence-corrected chi connectivity index (χ3v) is 4.94. The summed E-state index contributed by atoms with van der Waals surface area (Å²) in [4.78, 5) is 24.8. The summed E-state index contributed by atoms with van der Waals surface area (Å²) in [5.41, 5.74) is 3.32. The van der Waals surface area contributed by atoms with E-state index in [4.69, 9.17) is 4.74 Å². The molecule has 0 aliphatic carbocycles. The van der Waals surface area contributed by atoms with Gasteiger partial charge in [0.1, 0.15) is 12.4 Å². The molecule has 3 aromatic carbocycles. The highest BCUT2D eigenvalue weighted by Crippen LogP contribution is 2.30. The minimum absolute atomic E-state index is 0.0373. The zero-order valence-electron chi connectivity index (χ0n) is 16.4. The lowest BCUT2D eigenvalue weighted by Crippen LogP contribution is -2.37. The van der Waals surface area contributed by atoms with Crippen LogP contribution in [0.4, 0.5) is 16.2 Å². The van der Waals surface area contributed by atoms with Gasteiger partial charge in [-0.05, 0) is 47.9 Å². The van der Waals surface area contributed by atoms with Crippen molar-refractivity contribution in [3.63, 3.8) is 0 Å². The third kappa shape index (κ3) is 4.97. The fraction of sp³-hybridized carbons (Fsp3) is 0.167. The van der Waals surface area contributed by atoms with Crippen LogP contribution in [-0.4, -0.2) is 18.5 Å². The van der Waals surface area contributed by atoms with Gasteiger partial charge < -0.3 is 20.7 Å². The van der Waals surface area contributed by atoms with Gasteiger partial charge in [-0.25, -0.2) is 4.79 Å². The van der Waals surface area contributed by atoms with E-state index in [1.165, 1.54) is 0 Å². The summed E-state index contributed by atoms with van der Waals surface area (Å²) in [5.74, 6) is 0.440. The number of anilines is 2. The van der Waals surface area contributed by atoms with E-state index < -0.39 is 0 Å².